The van der Waals surface area contributed by atoms with Crippen LogP contribution in [-0.2, 0) is 0 Å². The molecular formula is C14H29N3. The second-order valence-corrected chi connectivity index (χ2v) is 6.22. The van der Waals surface area contributed by atoms with Gasteiger partial charge in [0.25, 0.3) is 0 Å². The second-order valence-electron chi connectivity index (χ2n) is 6.22. The van der Waals surface area contributed by atoms with Crippen molar-refractivity contribution in [3.05, 3.63) is 0 Å². The molecule has 0 amide bonds. The van der Waals surface area contributed by atoms with Crippen LogP contribution < -0.4 is 5.32 Å². The molecule has 0 aromatic carbocycles. The molecule has 2 saturated heterocycles. The minimum Gasteiger partial charge on any atom is -0.311 e. The highest BCUT2D eigenvalue weighted by atomic mass is 15.3. The van der Waals surface area contributed by atoms with Gasteiger partial charge in [0.15, 0.2) is 0 Å². The lowest BCUT2D eigenvalue weighted by Crippen LogP contribution is -2.59. The third-order valence-corrected chi connectivity index (χ3v) is 4.51. The zero-order valence-corrected chi connectivity index (χ0v) is 11.9. The van der Waals surface area contributed by atoms with Gasteiger partial charge in [0, 0.05) is 37.3 Å². The highest BCUT2D eigenvalue weighted by Gasteiger charge is 2.31. The Labute approximate surface area is 107 Å². The van der Waals surface area contributed by atoms with Gasteiger partial charge in [-0.2, -0.15) is 0 Å². The smallest absolute Gasteiger partial charge is 0.0196 e. The molecule has 2 fully saturated rings. The van der Waals surface area contributed by atoms with E-state index in [1.165, 1.54) is 32.5 Å². The molecule has 3 heteroatoms. The molecule has 2 aliphatic rings. The molecule has 0 radical (unpaired) electrons. The van der Waals surface area contributed by atoms with Crippen molar-refractivity contribution in [2.75, 3.05) is 26.2 Å². The predicted molar refractivity (Wildman–Crippen MR) is 73.4 cm³/mol. The Morgan fingerprint density at radius 3 is 2.35 bits per heavy atom. The molecular weight excluding hydrogens is 210 g/mol. The topological polar surface area (TPSA) is 18.5 Å². The number of piperidine rings is 1. The molecule has 17 heavy (non-hydrogen) atoms. The van der Waals surface area contributed by atoms with Gasteiger partial charge in [0.2, 0.25) is 0 Å². The van der Waals surface area contributed by atoms with Gasteiger partial charge in [0.05, 0.1) is 0 Å². The third-order valence-electron chi connectivity index (χ3n) is 4.51. The van der Waals surface area contributed by atoms with E-state index in [0.717, 1.165) is 18.6 Å². The molecule has 2 aliphatic heterocycles. The van der Waals surface area contributed by atoms with Crippen molar-refractivity contribution >= 4 is 0 Å². The summed E-state index contributed by atoms with van der Waals surface area (Å²) in [5, 5.41) is 3.58. The van der Waals surface area contributed by atoms with Gasteiger partial charge in [-0.15, -0.1) is 0 Å². The molecule has 3 nitrogen and oxygen atoms in total. The Balaban J connectivity index is 1.87. The number of hydrogen-bond donors (Lipinski definition) is 1. The summed E-state index contributed by atoms with van der Waals surface area (Å²) in [5.41, 5.74) is 0. The quantitative estimate of drug-likeness (QED) is 0.788. The van der Waals surface area contributed by atoms with E-state index < -0.39 is 0 Å². The minimum absolute atomic E-state index is 0.661. The average Bonchev–Trinajstić information content (AvgIpc) is 2.32. The average molecular weight is 239 g/mol. The van der Waals surface area contributed by atoms with Crippen LogP contribution in [0.3, 0.4) is 0 Å². The fraction of sp³-hybridized carbons (Fsp3) is 1.00. The predicted octanol–water partition coefficient (Wildman–Crippen LogP) is 1.54. The van der Waals surface area contributed by atoms with Crippen LogP contribution in [0.1, 0.15) is 40.5 Å². The Bertz CT molecular complexity index is 234. The molecule has 2 unspecified atom stereocenters. The van der Waals surface area contributed by atoms with Gasteiger partial charge < -0.3 is 10.2 Å². The lowest BCUT2D eigenvalue weighted by Gasteiger charge is -2.46. The van der Waals surface area contributed by atoms with Gasteiger partial charge in [-0.3, -0.25) is 4.90 Å². The number of likely N-dealkylation sites (tertiary alicyclic amines) is 1. The fourth-order valence-corrected chi connectivity index (χ4v) is 3.29. The standard InChI is InChI=1S/C14H29N3/c1-11(2)16-7-5-14(6-8-16)17-10-12(3)15-9-13(17)4/h11-15H,5-10H2,1-4H3. The molecule has 0 saturated carbocycles. The Morgan fingerprint density at radius 1 is 1.12 bits per heavy atom. The summed E-state index contributed by atoms with van der Waals surface area (Å²) < 4.78 is 0. The molecule has 0 aromatic rings. The van der Waals surface area contributed by atoms with Crippen molar-refractivity contribution in [1.29, 1.82) is 0 Å². The summed E-state index contributed by atoms with van der Waals surface area (Å²) in [7, 11) is 0. The van der Waals surface area contributed by atoms with Gasteiger partial charge in [-0.05, 0) is 53.6 Å². The summed E-state index contributed by atoms with van der Waals surface area (Å²) in [6, 6.07) is 2.91. The lowest BCUT2D eigenvalue weighted by atomic mass is 9.98. The van der Waals surface area contributed by atoms with Gasteiger partial charge in [0.1, 0.15) is 0 Å². The first-order valence-electron chi connectivity index (χ1n) is 7.31. The molecule has 2 heterocycles. The maximum Gasteiger partial charge on any atom is 0.0196 e. The first-order chi connectivity index (χ1) is 8.08. The normalized spacial score (nSPS) is 34.4. The van der Waals surface area contributed by atoms with E-state index in [1.54, 1.807) is 0 Å². The Kier molecular flexibility index (Phi) is 4.45. The van der Waals surface area contributed by atoms with Crippen LogP contribution >= 0.6 is 0 Å². The number of hydrogen-bond acceptors (Lipinski definition) is 3. The fourth-order valence-electron chi connectivity index (χ4n) is 3.29. The second kappa shape index (κ2) is 5.68. The van der Waals surface area contributed by atoms with Gasteiger partial charge in [-0.25, -0.2) is 0 Å². The molecule has 0 aliphatic carbocycles. The molecule has 100 valence electrons. The highest BCUT2D eigenvalue weighted by Crippen LogP contribution is 2.21. The van der Waals surface area contributed by atoms with Crippen LogP contribution in [0.15, 0.2) is 0 Å². The SMILES string of the molecule is CC1CN(C2CCN(C(C)C)CC2)C(C)CN1. The van der Waals surface area contributed by atoms with Crippen LogP contribution in [0.2, 0.25) is 0 Å². The van der Waals surface area contributed by atoms with E-state index >= 15 is 0 Å². The van der Waals surface area contributed by atoms with Crippen molar-refractivity contribution in [3.63, 3.8) is 0 Å². The number of nitrogens with one attached hydrogen (secondary N) is 1. The summed E-state index contributed by atoms with van der Waals surface area (Å²) in [6.07, 6.45) is 2.71. The summed E-state index contributed by atoms with van der Waals surface area (Å²) >= 11 is 0. The van der Waals surface area contributed by atoms with Crippen molar-refractivity contribution < 1.29 is 0 Å². The molecule has 0 spiro atoms. The maximum atomic E-state index is 3.58. The summed E-state index contributed by atoms with van der Waals surface area (Å²) in [5.74, 6) is 0. The molecule has 2 atom stereocenters. The highest BCUT2D eigenvalue weighted by molar-refractivity contribution is 4.89. The van der Waals surface area contributed by atoms with E-state index in [9.17, 15) is 0 Å². The van der Waals surface area contributed by atoms with Crippen molar-refractivity contribution in [2.45, 2.75) is 64.7 Å². The minimum atomic E-state index is 0.661. The Hall–Kier alpha value is -0.120. The Morgan fingerprint density at radius 2 is 1.76 bits per heavy atom. The summed E-state index contributed by atoms with van der Waals surface area (Å²) in [4.78, 5) is 5.37. The third kappa shape index (κ3) is 3.21. The van der Waals surface area contributed by atoms with Gasteiger partial charge >= 0.3 is 0 Å². The van der Waals surface area contributed by atoms with Crippen LogP contribution in [0.5, 0.6) is 0 Å². The van der Waals surface area contributed by atoms with E-state index in [2.05, 4.69) is 42.8 Å². The maximum absolute atomic E-state index is 3.58. The van der Waals surface area contributed by atoms with Crippen molar-refractivity contribution in [3.8, 4) is 0 Å². The number of nitrogens with zero attached hydrogens (tertiary/aromatic N) is 2. The zero-order chi connectivity index (χ0) is 12.4. The molecule has 0 bridgehead atoms. The van der Waals surface area contributed by atoms with Crippen LogP contribution in [-0.4, -0.2) is 60.1 Å². The largest absolute Gasteiger partial charge is 0.311 e. The number of rotatable bonds is 2. The monoisotopic (exact) mass is 239 g/mol. The molecule has 1 N–H and O–H groups in total. The van der Waals surface area contributed by atoms with E-state index in [1.807, 2.05) is 0 Å². The van der Waals surface area contributed by atoms with E-state index in [0.29, 0.717) is 12.1 Å². The summed E-state index contributed by atoms with van der Waals surface area (Å²) in [6.45, 7) is 14.3. The lowest BCUT2D eigenvalue weighted by molar-refractivity contribution is 0.0441. The van der Waals surface area contributed by atoms with Gasteiger partial charge in [-0.1, -0.05) is 0 Å². The molecule has 2 rings (SSSR count). The first kappa shape index (κ1) is 13.3. The first-order valence-corrected chi connectivity index (χ1v) is 7.31. The van der Waals surface area contributed by atoms with Crippen molar-refractivity contribution in [2.24, 2.45) is 0 Å². The van der Waals surface area contributed by atoms with Crippen molar-refractivity contribution in [1.82, 2.24) is 15.1 Å². The van der Waals surface area contributed by atoms with E-state index in [-0.39, 0.29) is 0 Å². The number of piperazine rings is 1. The zero-order valence-electron chi connectivity index (χ0n) is 11.9. The molecule has 0 aromatic heterocycles. The van der Waals surface area contributed by atoms with Crippen LogP contribution in [0, 0.1) is 0 Å². The van der Waals surface area contributed by atoms with Crippen LogP contribution in [0.25, 0.3) is 0 Å². The van der Waals surface area contributed by atoms with Crippen LogP contribution in [0.4, 0.5) is 0 Å². The van der Waals surface area contributed by atoms with E-state index in [4.69, 9.17) is 0 Å².